The van der Waals surface area contributed by atoms with Crippen LogP contribution in [0.3, 0.4) is 0 Å². The Kier molecular flexibility index (Phi) is 8.71. The van der Waals surface area contributed by atoms with Crippen molar-refractivity contribution in [1.82, 2.24) is 0 Å². The molecule has 0 saturated heterocycles. The van der Waals surface area contributed by atoms with E-state index in [1.807, 2.05) is 24.3 Å². The predicted octanol–water partition coefficient (Wildman–Crippen LogP) is 8.24. The second kappa shape index (κ2) is 11.5. The van der Waals surface area contributed by atoms with E-state index in [2.05, 4.69) is 45.9 Å². The summed E-state index contributed by atoms with van der Waals surface area (Å²) < 4.78 is 26.3. The summed E-state index contributed by atoms with van der Waals surface area (Å²) in [7, 11) is 1.59. The molecule has 3 nitrogen and oxygen atoms in total. The van der Waals surface area contributed by atoms with E-state index >= 15 is 0 Å². The number of Topliss-reactive ketones (excluding diaryl/α,β-unsaturated/α-hetero) is 1. The van der Waals surface area contributed by atoms with Crippen LogP contribution in [0, 0.1) is 5.82 Å². The molecule has 0 aliphatic rings. The number of carbonyl (C=O) groups excluding carboxylic acids is 1. The van der Waals surface area contributed by atoms with E-state index in [1.165, 1.54) is 11.6 Å². The Labute approximate surface area is 209 Å². The Hall–Kier alpha value is -3.14. The van der Waals surface area contributed by atoms with Crippen molar-refractivity contribution in [1.29, 1.82) is 0 Å². The molecule has 1 atom stereocenters. The van der Waals surface area contributed by atoms with Gasteiger partial charge in [-0.2, -0.15) is 0 Å². The molecular formula is C31H37FO3. The van der Waals surface area contributed by atoms with Crippen LogP contribution < -0.4 is 9.47 Å². The molecule has 0 fully saturated rings. The van der Waals surface area contributed by atoms with Crippen LogP contribution in [0.25, 0.3) is 11.1 Å². The lowest BCUT2D eigenvalue weighted by atomic mass is 9.81. The number of ketones is 1. The summed E-state index contributed by atoms with van der Waals surface area (Å²) in [4.78, 5) is 11.6. The molecule has 0 spiro atoms. The van der Waals surface area contributed by atoms with E-state index in [1.54, 1.807) is 26.2 Å². The molecule has 3 aromatic carbocycles. The first kappa shape index (κ1) is 26.5. The van der Waals surface area contributed by atoms with Gasteiger partial charge in [-0.25, -0.2) is 4.39 Å². The largest absolute Gasteiger partial charge is 0.497 e. The molecular weight excluding hydrogens is 439 g/mol. The zero-order valence-corrected chi connectivity index (χ0v) is 21.8. The fourth-order valence-corrected chi connectivity index (χ4v) is 4.48. The van der Waals surface area contributed by atoms with Gasteiger partial charge in [-0.15, -0.1) is 0 Å². The second-order valence-corrected chi connectivity index (χ2v) is 10.2. The van der Waals surface area contributed by atoms with E-state index in [0.29, 0.717) is 24.3 Å². The Bertz CT molecular complexity index is 1140. The van der Waals surface area contributed by atoms with Crippen LogP contribution in [0.5, 0.6) is 11.5 Å². The topological polar surface area (TPSA) is 35.5 Å². The minimum absolute atomic E-state index is 0.158. The van der Waals surface area contributed by atoms with Crippen molar-refractivity contribution in [2.75, 3.05) is 7.11 Å². The highest BCUT2D eigenvalue weighted by atomic mass is 19.1. The van der Waals surface area contributed by atoms with Crippen LogP contribution in [0.2, 0.25) is 0 Å². The molecule has 0 radical (unpaired) electrons. The number of halogens is 1. The number of hydrogen-bond donors (Lipinski definition) is 0. The first-order valence-corrected chi connectivity index (χ1v) is 12.3. The maximum atomic E-state index is 14.9. The smallest absolute Gasteiger partial charge is 0.131 e. The Morgan fingerprint density at radius 3 is 2.23 bits per heavy atom. The lowest BCUT2D eigenvalue weighted by Crippen LogP contribution is -2.13. The molecule has 0 aliphatic heterocycles. The zero-order chi connectivity index (χ0) is 25.6. The molecule has 186 valence electrons. The van der Waals surface area contributed by atoms with E-state index in [0.717, 1.165) is 35.3 Å². The van der Waals surface area contributed by atoms with Gasteiger partial charge < -0.3 is 14.3 Å². The normalized spacial score (nSPS) is 12.3. The first-order chi connectivity index (χ1) is 16.6. The lowest BCUT2D eigenvalue weighted by Gasteiger charge is -2.24. The van der Waals surface area contributed by atoms with Crippen LogP contribution in [0.4, 0.5) is 4.39 Å². The third kappa shape index (κ3) is 6.94. The standard InChI is InChI=1S/C31H37FO3/c1-7-8-24(17-21(2)33)23-10-12-25(13-11-23)35-20-22-9-15-29(31(3,4)5)27(18-22)28-19-26(34-6)14-16-30(28)32/h9-16,18-19,24H,7-8,17,20H2,1-6H3/t24-/m1/s1. The number of rotatable bonds is 10. The Balaban J connectivity index is 1.84. The van der Waals surface area contributed by atoms with Gasteiger partial charge in [0.15, 0.2) is 0 Å². The molecule has 0 N–H and O–H groups in total. The Morgan fingerprint density at radius 2 is 1.63 bits per heavy atom. The Morgan fingerprint density at radius 1 is 0.943 bits per heavy atom. The molecule has 3 aromatic rings. The van der Waals surface area contributed by atoms with Gasteiger partial charge in [0.2, 0.25) is 0 Å². The minimum atomic E-state index is -0.280. The van der Waals surface area contributed by atoms with E-state index in [-0.39, 0.29) is 22.9 Å². The summed E-state index contributed by atoms with van der Waals surface area (Å²) in [5.74, 6) is 1.56. The van der Waals surface area contributed by atoms with Crippen molar-refractivity contribution < 1.29 is 18.7 Å². The predicted molar refractivity (Wildman–Crippen MR) is 141 cm³/mol. The molecule has 35 heavy (non-hydrogen) atoms. The molecule has 0 heterocycles. The fraction of sp³-hybridized carbons (Fsp3) is 0.387. The van der Waals surface area contributed by atoms with E-state index < -0.39 is 0 Å². The molecule has 4 heteroatoms. The van der Waals surface area contributed by atoms with Crippen molar-refractivity contribution >= 4 is 5.78 Å². The van der Waals surface area contributed by atoms with Gasteiger partial charge in [-0.1, -0.05) is 58.4 Å². The number of methoxy groups -OCH3 is 1. The summed E-state index contributed by atoms with van der Waals surface area (Å²) in [6, 6.07) is 19.0. The van der Waals surface area contributed by atoms with Crippen LogP contribution in [0.1, 0.15) is 76.5 Å². The molecule has 0 aromatic heterocycles. The average molecular weight is 477 g/mol. The highest BCUT2D eigenvalue weighted by Crippen LogP contribution is 2.37. The summed E-state index contributed by atoms with van der Waals surface area (Å²) in [5.41, 5.74) is 4.39. The summed E-state index contributed by atoms with van der Waals surface area (Å²) in [6.07, 6.45) is 2.60. The maximum Gasteiger partial charge on any atom is 0.131 e. The van der Waals surface area contributed by atoms with Crippen molar-refractivity contribution in [2.45, 2.75) is 71.8 Å². The maximum absolute atomic E-state index is 14.9. The number of ether oxygens (including phenoxy) is 2. The van der Waals surface area contributed by atoms with Crippen LogP contribution >= 0.6 is 0 Å². The summed E-state index contributed by atoms with van der Waals surface area (Å²) in [6.45, 7) is 10.5. The van der Waals surface area contributed by atoms with Crippen LogP contribution in [-0.4, -0.2) is 12.9 Å². The van der Waals surface area contributed by atoms with E-state index in [9.17, 15) is 9.18 Å². The molecule has 0 aliphatic carbocycles. The quantitative estimate of drug-likeness (QED) is 0.295. The third-order valence-corrected chi connectivity index (χ3v) is 6.28. The van der Waals surface area contributed by atoms with Crippen LogP contribution in [0.15, 0.2) is 60.7 Å². The highest BCUT2D eigenvalue weighted by Gasteiger charge is 2.21. The van der Waals surface area contributed by atoms with Gasteiger partial charge in [0.25, 0.3) is 0 Å². The average Bonchev–Trinajstić information content (AvgIpc) is 2.82. The van der Waals surface area contributed by atoms with Crippen molar-refractivity contribution in [2.24, 2.45) is 0 Å². The molecule has 3 rings (SSSR count). The van der Waals surface area contributed by atoms with Crippen molar-refractivity contribution in [3.8, 4) is 22.6 Å². The third-order valence-electron chi connectivity index (χ3n) is 6.28. The van der Waals surface area contributed by atoms with Gasteiger partial charge >= 0.3 is 0 Å². The zero-order valence-electron chi connectivity index (χ0n) is 21.8. The van der Waals surface area contributed by atoms with Gasteiger partial charge in [0, 0.05) is 12.0 Å². The summed E-state index contributed by atoms with van der Waals surface area (Å²) in [5, 5.41) is 0. The van der Waals surface area contributed by atoms with Crippen molar-refractivity contribution in [3.63, 3.8) is 0 Å². The number of hydrogen-bond acceptors (Lipinski definition) is 3. The van der Waals surface area contributed by atoms with Gasteiger partial charge in [0.1, 0.15) is 29.7 Å². The van der Waals surface area contributed by atoms with Crippen molar-refractivity contribution in [3.05, 3.63) is 83.2 Å². The lowest BCUT2D eigenvalue weighted by molar-refractivity contribution is -0.117. The first-order valence-electron chi connectivity index (χ1n) is 12.3. The van der Waals surface area contributed by atoms with Gasteiger partial charge in [-0.3, -0.25) is 0 Å². The van der Waals surface area contributed by atoms with Crippen LogP contribution in [-0.2, 0) is 16.8 Å². The highest BCUT2D eigenvalue weighted by molar-refractivity contribution is 5.76. The molecule has 0 unspecified atom stereocenters. The SMILES string of the molecule is CCC[C@H](CC(C)=O)c1ccc(OCc2ccc(C(C)(C)C)c(-c3cc(OC)ccc3F)c2)cc1. The number of carbonyl (C=O) groups is 1. The second-order valence-electron chi connectivity index (χ2n) is 10.2. The van der Waals surface area contributed by atoms with E-state index in [4.69, 9.17) is 9.47 Å². The minimum Gasteiger partial charge on any atom is -0.497 e. The van der Waals surface area contributed by atoms with Gasteiger partial charge in [0.05, 0.1) is 7.11 Å². The molecule has 0 amide bonds. The fourth-order valence-electron chi connectivity index (χ4n) is 4.48. The molecule has 0 saturated carbocycles. The summed E-state index contributed by atoms with van der Waals surface area (Å²) >= 11 is 0. The van der Waals surface area contributed by atoms with Gasteiger partial charge in [-0.05, 0) is 83.3 Å². The molecule has 0 bridgehead atoms. The number of benzene rings is 3. The monoisotopic (exact) mass is 476 g/mol.